The van der Waals surface area contributed by atoms with Crippen LogP contribution in [-0.2, 0) is 0 Å². The van der Waals surface area contributed by atoms with Crippen molar-refractivity contribution in [3.8, 4) is 0 Å². The second-order valence-electron chi connectivity index (χ2n) is 3.68. The van der Waals surface area contributed by atoms with E-state index in [1.165, 1.54) is 13.0 Å². The van der Waals surface area contributed by atoms with Crippen molar-refractivity contribution in [3.05, 3.63) is 0 Å². The third kappa shape index (κ3) is 0.528. The third-order valence-electron chi connectivity index (χ3n) is 3.21. The first-order valence-corrected chi connectivity index (χ1v) is 3.70. The van der Waals surface area contributed by atoms with Crippen molar-refractivity contribution >= 4 is 0 Å². The molecule has 1 aliphatic heterocycles. The molecule has 0 aromatic carbocycles. The van der Waals surface area contributed by atoms with Gasteiger partial charge in [-0.25, -0.2) is 0 Å². The standard InChI is InChI=1S/C7H14N2/c1-7-4-9-3-5(7)2-6(7)8/h5-6,9H,2-4,8H2,1H3/t5-,6-,7+/m0/s1. The molecule has 2 rings (SSSR count). The molecule has 1 aliphatic carbocycles. The number of rotatable bonds is 0. The number of hydrogen-bond acceptors (Lipinski definition) is 2. The van der Waals surface area contributed by atoms with E-state index in [9.17, 15) is 0 Å². The largest absolute Gasteiger partial charge is 0.327 e. The van der Waals surface area contributed by atoms with Crippen LogP contribution in [0.2, 0.25) is 0 Å². The first kappa shape index (κ1) is 5.69. The fourth-order valence-corrected chi connectivity index (χ4v) is 2.09. The lowest BCUT2D eigenvalue weighted by atomic mass is 9.60. The van der Waals surface area contributed by atoms with Gasteiger partial charge in [-0.3, -0.25) is 0 Å². The molecule has 0 radical (unpaired) electrons. The molecule has 1 saturated heterocycles. The van der Waals surface area contributed by atoms with E-state index >= 15 is 0 Å². The van der Waals surface area contributed by atoms with E-state index in [1.54, 1.807) is 0 Å². The Labute approximate surface area is 55.8 Å². The van der Waals surface area contributed by atoms with Gasteiger partial charge in [-0.15, -0.1) is 0 Å². The maximum absolute atomic E-state index is 5.86. The second-order valence-corrected chi connectivity index (χ2v) is 3.68. The van der Waals surface area contributed by atoms with Crippen molar-refractivity contribution in [2.45, 2.75) is 19.4 Å². The Morgan fingerprint density at radius 3 is 2.89 bits per heavy atom. The van der Waals surface area contributed by atoms with Crippen LogP contribution in [-0.4, -0.2) is 19.1 Å². The van der Waals surface area contributed by atoms with Gasteiger partial charge in [0.15, 0.2) is 0 Å². The van der Waals surface area contributed by atoms with Gasteiger partial charge < -0.3 is 11.1 Å². The minimum Gasteiger partial charge on any atom is -0.327 e. The molecule has 2 heteroatoms. The maximum Gasteiger partial charge on any atom is 0.0112 e. The highest BCUT2D eigenvalue weighted by Gasteiger charge is 2.52. The van der Waals surface area contributed by atoms with Crippen LogP contribution in [0.15, 0.2) is 0 Å². The van der Waals surface area contributed by atoms with Gasteiger partial charge in [-0.05, 0) is 24.3 Å². The zero-order valence-corrected chi connectivity index (χ0v) is 5.85. The van der Waals surface area contributed by atoms with Gasteiger partial charge in [-0.2, -0.15) is 0 Å². The zero-order chi connectivity index (χ0) is 6.48. The van der Waals surface area contributed by atoms with Crippen LogP contribution in [0.1, 0.15) is 13.3 Å². The van der Waals surface area contributed by atoms with Crippen molar-refractivity contribution in [1.82, 2.24) is 5.32 Å². The van der Waals surface area contributed by atoms with Gasteiger partial charge >= 0.3 is 0 Å². The van der Waals surface area contributed by atoms with E-state index in [4.69, 9.17) is 5.73 Å². The summed E-state index contributed by atoms with van der Waals surface area (Å²) in [5.74, 6) is 0.882. The predicted octanol–water partition coefficient (Wildman–Crippen LogP) is -0.0569. The molecule has 52 valence electrons. The average Bonchev–Trinajstić information content (AvgIpc) is 2.11. The van der Waals surface area contributed by atoms with Gasteiger partial charge in [0.25, 0.3) is 0 Å². The Hall–Kier alpha value is -0.0800. The summed E-state index contributed by atoms with van der Waals surface area (Å²) < 4.78 is 0. The summed E-state index contributed by atoms with van der Waals surface area (Å²) in [5.41, 5.74) is 6.32. The topological polar surface area (TPSA) is 38.0 Å². The molecule has 9 heavy (non-hydrogen) atoms. The number of fused-ring (bicyclic) bond motifs is 1. The number of hydrogen-bond donors (Lipinski definition) is 2. The molecular weight excluding hydrogens is 112 g/mol. The molecule has 2 fully saturated rings. The first-order chi connectivity index (χ1) is 4.23. The van der Waals surface area contributed by atoms with Crippen molar-refractivity contribution in [2.24, 2.45) is 17.1 Å². The molecule has 0 spiro atoms. The quantitative estimate of drug-likeness (QED) is 0.477. The number of nitrogens with two attached hydrogens (primary N) is 1. The highest BCUT2D eigenvalue weighted by Crippen LogP contribution is 2.47. The molecule has 0 unspecified atom stereocenters. The highest BCUT2D eigenvalue weighted by molar-refractivity contribution is 5.07. The fraction of sp³-hybridized carbons (Fsp3) is 1.00. The second kappa shape index (κ2) is 1.50. The first-order valence-electron chi connectivity index (χ1n) is 3.70. The Kier molecular flexibility index (Phi) is 0.945. The third-order valence-corrected chi connectivity index (χ3v) is 3.21. The van der Waals surface area contributed by atoms with Gasteiger partial charge in [0, 0.05) is 12.6 Å². The maximum atomic E-state index is 5.86. The molecule has 2 nitrogen and oxygen atoms in total. The van der Waals surface area contributed by atoms with E-state index in [-0.39, 0.29) is 0 Å². The molecule has 3 N–H and O–H groups in total. The SMILES string of the molecule is C[C@@]12CNC[C@@H]1C[C@@H]2N. The molecule has 0 aromatic rings. The Bertz CT molecular complexity index is 135. The minimum atomic E-state index is 0.458. The van der Waals surface area contributed by atoms with Crippen LogP contribution in [0.25, 0.3) is 0 Å². The minimum absolute atomic E-state index is 0.458. The van der Waals surface area contributed by atoms with E-state index < -0.39 is 0 Å². The van der Waals surface area contributed by atoms with E-state index in [0.717, 1.165) is 12.5 Å². The molecule has 0 bridgehead atoms. The van der Waals surface area contributed by atoms with Crippen molar-refractivity contribution in [1.29, 1.82) is 0 Å². The summed E-state index contributed by atoms with van der Waals surface area (Å²) in [6, 6.07) is 0.470. The van der Waals surface area contributed by atoms with Crippen molar-refractivity contribution < 1.29 is 0 Å². The predicted molar refractivity (Wildman–Crippen MR) is 37.1 cm³/mol. The van der Waals surface area contributed by atoms with Crippen LogP contribution in [0.5, 0.6) is 0 Å². The molecule has 1 saturated carbocycles. The number of nitrogens with one attached hydrogen (secondary N) is 1. The van der Waals surface area contributed by atoms with E-state index in [1.807, 2.05) is 0 Å². The molecule has 0 aromatic heterocycles. The van der Waals surface area contributed by atoms with Crippen LogP contribution in [0.3, 0.4) is 0 Å². The Morgan fingerprint density at radius 2 is 2.44 bits per heavy atom. The average molecular weight is 126 g/mol. The van der Waals surface area contributed by atoms with Gasteiger partial charge in [0.05, 0.1) is 0 Å². The highest BCUT2D eigenvalue weighted by atomic mass is 15.0. The smallest absolute Gasteiger partial charge is 0.0112 e. The van der Waals surface area contributed by atoms with Crippen molar-refractivity contribution in [2.75, 3.05) is 13.1 Å². The fourth-order valence-electron chi connectivity index (χ4n) is 2.09. The molecule has 3 atom stereocenters. The normalized spacial score (nSPS) is 56.7. The Morgan fingerprint density at radius 1 is 1.67 bits per heavy atom. The zero-order valence-electron chi connectivity index (χ0n) is 5.85. The summed E-state index contributed by atoms with van der Waals surface area (Å²) >= 11 is 0. The Balaban J connectivity index is 2.16. The van der Waals surface area contributed by atoms with E-state index in [0.29, 0.717) is 11.5 Å². The van der Waals surface area contributed by atoms with E-state index in [2.05, 4.69) is 12.2 Å². The van der Waals surface area contributed by atoms with Crippen molar-refractivity contribution in [3.63, 3.8) is 0 Å². The lowest BCUT2D eigenvalue weighted by Crippen LogP contribution is -2.55. The summed E-state index contributed by atoms with van der Waals surface area (Å²) in [6.45, 7) is 4.63. The summed E-state index contributed by atoms with van der Waals surface area (Å²) in [6.07, 6.45) is 1.24. The molecule has 2 aliphatic rings. The van der Waals surface area contributed by atoms with Gasteiger partial charge in [0.2, 0.25) is 0 Å². The van der Waals surface area contributed by atoms with Crippen LogP contribution in [0, 0.1) is 11.3 Å². The summed E-state index contributed by atoms with van der Waals surface area (Å²) in [5, 5.41) is 3.38. The summed E-state index contributed by atoms with van der Waals surface area (Å²) in [7, 11) is 0. The van der Waals surface area contributed by atoms with Gasteiger partial charge in [-0.1, -0.05) is 6.92 Å². The molecule has 1 heterocycles. The van der Waals surface area contributed by atoms with Crippen LogP contribution in [0.4, 0.5) is 0 Å². The van der Waals surface area contributed by atoms with Crippen LogP contribution < -0.4 is 11.1 Å². The monoisotopic (exact) mass is 126 g/mol. The molecular formula is C7H14N2. The molecule has 0 amide bonds. The lowest BCUT2D eigenvalue weighted by Gasteiger charge is -2.47. The van der Waals surface area contributed by atoms with Gasteiger partial charge in [0.1, 0.15) is 0 Å². The van der Waals surface area contributed by atoms with Crippen LogP contribution >= 0.6 is 0 Å². The lowest BCUT2D eigenvalue weighted by molar-refractivity contribution is 0.0718. The summed E-state index contributed by atoms with van der Waals surface area (Å²) in [4.78, 5) is 0.